The average Bonchev–Trinajstić information content (AvgIpc) is 2.77. The van der Waals surface area contributed by atoms with E-state index in [0.29, 0.717) is 13.1 Å². The molecule has 4 heteroatoms. The Bertz CT molecular complexity index is 619. The van der Waals surface area contributed by atoms with Crippen molar-refractivity contribution < 1.29 is 4.79 Å². The number of likely N-dealkylation sites (N-methyl/N-ethyl adjacent to an activating group) is 1. The maximum absolute atomic E-state index is 12.3. The lowest BCUT2D eigenvalue weighted by Crippen LogP contribution is -2.25. The molecule has 2 rings (SSSR count). The summed E-state index contributed by atoms with van der Waals surface area (Å²) < 4.78 is 0. The highest BCUT2D eigenvalue weighted by Gasteiger charge is 2.11. The lowest BCUT2D eigenvalue weighted by molar-refractivity contribution is 0.0942. The van der Waals surface area contributed by atoms with Crippen LogP contribution in [0.2, 0.25) is 0 Å². The maximum Gasteiger partial charge on any atom is 0.176 e. The summed E-state index contributed by atoms with van der Waals surface area (Å²) >= 11 is 1.64. The summed E-state index contributed by atoms with van der Waals surface area (Å²) in [5.41, 5.74) is 4.19. The summed E-state index contributed by atoms with van der Waals surface area (Å²) in [7, 11) is 1.95. The number of Topliss-reactive ketones (excluding diaryl/α,β-unsaturated/α-hetero) is 1. The summed E-state index contributed by atoms with van der Waals surface area (Å²) in [6.07, 6.45) is 0. The molecule has 0 amide bonds. The number of carbonyl (C=O) groups excluding carboxylic acids is 1. The molecule has 0 aliphatic heterocycles. The largest absolute Gasteiger partial charge is 0.293 e. The highest BCUT2D eigenvalue weighted by atomic mass is 32.1. The van der Waals surface area contributed by atoms with Gasteiger partial charge in [0.25, 0.3) is 0 Å². The average molecular weight is 288 g/mol. The molecule has 0 radical (unpaired) electrons. The van der Waals surface area contributed by atoms with Crippen LogP contribution in [0.1, 0.15) is 32.2 Å². The first kappa shape index (κ1) is 14.9. The number of aryl methyl sites for hydroxylation is 3. The Morgan fingerprint density at radius 2 is 2.00 bits per heavy atom. The van der Waals surface area contributed by atoms with Gasteiger partial charge in [0.15, 0.2) is 5.78 Å². The molecule has 106 valence electrons. The van der Waals surface area contributed by atoms with Gasteiger partial charge in [-0.15, -0.1) is 11.3 Å². The third-order valence-electron chi connectivity index (χ3n) is 3.34. The van der Waals surface area contributed by atoms with E-state index in [2.05, 4.69) is 11.9 Å². The van der Waals surface area contributed by atoms with E-state index in [1.54, 1.807) is 11.3 Å². The molecule has 0 bridgehead atoms. The summed E-state index contributed by atoms with van der Waals surface area (Å²) in [5, 5.41) is 3.11. The van der Waals surface area contributed by atoms with Crippen molar-refractivity contribution in [3.63, 3.8) is 0 Å². The van der Waals surface area contributed by atoms with Crippen molar-refractivity contribution >= 4 is 17.1 Å². The predicted octanol–water partition coefficient (Wildman–Crippen LogP) is 3.38. The van der Waals surface area contributed by atoms with Crippen LogP contribution in [-0.2, 0) is 6.54 Å². The van der Waals surface area contributed by atoms with Gasteiger partial charge < -0.3 is 0 Å². The topological polar surface area (TPSA) is 33.2 Å². The van der Waals surface area contributed by atoms with Crippen molar-refractivity contribution in [3.8, 4) is 0 Å². The highest BCUT2D eigenvalue weighted by Crippen LogP contribution is 2.12. The molecule has 0 saturated heterocycles. The molecule has 20 heavy (non-hydrogen) atoms. The van der Waals surface area contributed by atoms with E-state index >= 15 is 0 Å². The standard InChI is InChI=1S/C16H20N2OS/c1-11-5-6-14(7-12(11)2)16(19)9-18(4)8-15-10-20-13(3)17-15/h5-7,10H,8-9H2,1-4H3. The van der Waals surface area contributed by atoms with Crippen LogP contribution >= 0.6 is 11.3 Å². The van der Waals surface area contributed by atoms with Crippen molar-refractivity contribution in [1.29, 1.82) is 0 Å². The Kier molecular flexibility index (Phi) is 4.68. The van der Waals surface area contributed by atoms with Gasteiger partial charge in [-0.25, -0.2) is 4.98 Å². The number of benzene rings is 1. The second-order valence-electron chi connectivity index (χ2n) is 5.25. The van der Waals surface area contributed by atoms with Crippen LogP contribution in [0.25, 0.3) is 0 Å². The number of rotatable bonds is 5. The monoisotopic (exact) mass is 288 g/mol. The molecule has 0 atom stereocenters. The first-order chi connectivity index (χ1) is 9.45. The fourth-order valence-corrected chi connectivity index (χ4v) is 2.67. The Morgan fingerprint density at radius 1 is 1.25 bits per heavy atom. The van der Waals surface area contributed by atoms with Gasteiger partial charge in [0, 0.05) is 17.5 Å². The minimum Gasteiger partial charge on any atom is -0.293 e. The zero-order valence-electron chi connectivity index (χ0n) is 12.4. The highest BCUT2D eigenvalue weighted by molar-refractivity contribution is 7.09. The molecule has 0 saturated carbocycles. The quantitative estimate of drug-likeness (QED) is 0.791. The van der Waals surface area contributed by atoms with Crippen molar-refractivity contribution in [2.24, 2.45) is 0 Å². The maximum atomic E-state index is 12.3. The molecular weight excluding hydrogens is 268 g/mol. The SMILES string of the molecule is Cc1nc(CN(C)CC(=O)c2ccc(C)c(C)c2)cs1. The molecule has 1 aromatic carbocycles. The van der Waals surface area contributed by atoms with Crippen molar-refractivity contribution in [2.75, 3.05) is 13.6 Å². The van der Waals surface area contributed by atoms with E-state index in [4.69, 9.17) is 0 Å². The Labute approximate surface area is 124 Å². The summed E-state index contributed by atoms with van der Waals surface area (Å²) in [4.78, 5) is 18.7. The molecule has 0 aliphatic carbocycles. The molecule has 0 aliphatic rings. The fraction of sp³-hybridized carbons (Fsp3) is 0.375. The number of aromatic nitrogens is 1. The number of carbonyl (C=O) groups is 1. The van der Waals surface area contributed by atoms with E-state index in [-0.39, 0.29) is 5.78 Å². The Hall–Kier alpha value is -1.52. The van der Waals surface area contributed by atoms with Gasteiger partial charge in [-0.2, -0.15) is 0 Å². The van der Waals surface area contributed by atoms with Gasteiger partial charge in [-0.05, 0) is 45.0 Å². The Balaban J connectivity index is 1.98. The van der Waals surface area contributed by atoms with Gasteiger partial charge in [0.1, 0.15) is 0 Å². The smallest absolute Gasteiger partial charge is 0.176 e. The minimum absolute atomic E-state index is 0.155. The Morgan fingerprint density at radius 3 is 2.60 bits per heavy atom. The number of thiazole rings is 1. The van der Waals surface area contributed by atoms with Crippen molar-refractivity contribution in [1.82, 2.24) is 9.88 Å². The zero-order chi connectivity index (χ0) is 14.7. The molecule has 0 N–H and O–H groups in total. The zero-order valence-corrected chi connectivity index (χ0v) is 13.3. The van der Waals surface area contributed by atoms with Gasteiger partial charge >= 0.3 is 0 Å². The van der Waals surface area contributed by atoms with E-state index in [1.165, 1.54) is 5.56 Å². The first-order valence-electron chi connectivity index (χ1n) is 6.65. The molecular formula is C16H20N2OS. The van der Waals surface area contributed by atoms with Gasteiger partial charge in [-0.3, -0.25) is 9.69 Å². The van der Waals surface area contributed by atoms with E-state index < -0.39 is 0 Å². The molecule has 2 aromatic rings. The first-order valence-corrected chi connectivity index (χ1v) is 7.53. The number of nitrogens with zero attached hydrogens (tertiary/aromatic N) is 2. The van der Waals surface area contributed by atoms with Crippen LogP contribution in [0.3, 0.4) is 0 Å². The van der Waals surface area contributed by atoms with Crippen LogP contribution < -0.4 is 0 Å². The third kappa shape index (κ3) is 3.74. The minimum atomic E-state index is 0.155. The lowest BCUT2D eigenvalue weighted by Gasteiger charge is -2.14. The van der Waals surface area contributed by atoms with Crippen LogP contribution in [0, 0.1) is 20.8 Å². The van der Waals surface area contributed by atoms with Crippen LogP contribution in [0.4, 0.5) is 0 Å². The molecule has 0 spiro atoms. The van der Waals surface area contributed by atoms with Crippen LogP contribution in [0.15, 0.2) is 23.6 Å². The lowest BCUT2D eigenvalue weighted by atomic mass is 10.0. The number of ketones is 1. The molecule has 3 nitrogen and oxygen atoms in total. The second kappa shape index (κ2) is 6.29. The van der Waals surface area contributed by atoms with Gasteiger partial charge in [-0.1, -0.05) is 12.1 Å². The molecule has 1 heterocycles. The van der Waals surface area contributed by atoms with Crippen LogP contribution in [0.5, 0.6) is 0 Å². The number of hydrogen-bond donors (Lipinski definition) is 0. The second-order valence-corrected chi connectivity index (χ2v) is 6.31. The molecule has 0 fully saturated rings. The number of hydrogen-bond acceptors (Lipinski definition) is 4. The normalized spacial score (nSPS) is 11.1. The summed E-state index contributed by atoms with van der Waals surface area (Å²) in [6.45, 7) is 7.21. The van der Waals surface area contributed by atoms with E-state index in [1.807, 2.05) is 49.4 Å². The van der Waals surface area contributed by atoms with E-state index in [9.17, 15) is 4.79 Å². The summed E-state index contributed by atoms with van der Waals surface area (Å²) in [6, 6.07) is 5.89. The van der Waals surface area contributed by atoms with Crippen LogP contribution in [-0.4, -0.2) is 29.3 Å². The predicted molar refractivity (Wildman–Crippen MR) is 83.4 cm³/mol. The third-order valence-corrected chi connectivity index (χ3v) is 4.16. The summed E-state index contributed by atoms with van der Waals surface area (Å²) in [5.74, 6) is 0.155. The fourth-order valence-electron chi connectivity index (χ4n) is 2.06. The van der Waals surface area contributed by atoms with E-state index in [0.717, 1.165) is 21.8 Å². The molecule has 1 aromatic heterocycles. The van der Waals surface area contributed by atoms with Crippen molar-refractivity contribution in [3.05, 3.63) is 51.0 Å². The van der Waals surface area contributed by atoms with Gasteiger partial charge in [0.05, 0.1) is 17.2 Å². The molecule has 0 unspecified atom stereocenters. The van der Waals surface area contributed by atoms with Gasteiger partial charge in [0.2, 0.25) is 0 Å². The van der Waals surface area contributed by atoms with Crippen molar-refractivity contribution in [2.45, 2.75) is 27.3 Å².